The predicted molar refractivity (Wildman–Crippen MR) is 42.5 cm³/mol. The lowest BCUT2D eigenvalue weighted by molar-refractivity contribution is -0.142. The molecule has 1 rings (SSSR count). The Labute approximate surface area is 71.4 Å². The normalized spacial score (nSPS) is 20.2. The molecule has 1 unspecified atom stereocenters. The van der Waals surface area contributed by atoms with Gasteiger partial charge in [0.15, 0.2) is 0 Å². The number of nitrogens with zero attached hydrogens (tertiary/aromatic N) is 2. The number of carboxylic acids is 1. The van der Waals surface area contributed by atoms with Gasteiger partial charge < -0.3 is 5.11 Å². The van der Waals surface area contributed by atoms with Crippen molar-refractivity contribution in [1.29, 1.82) is 5.26 Å². The van der Waals surface area contributed by atoms with Crippen LogP contribution < -0.4 is 0 Å². The molecule has 1 aliphatic rings. The minimum absolute atomic E-state index is 0.0926. The van der Waals surface area contributed by atoms with Crippen LogP contribution >= 0.6 is 0 Å². The van der Waals surface area contributed by atoms with E-state index in [1.165, 1.54) is 0 Å². The maximum absolute atomic E-state index is 10.7. The van der Waals surface area contributed by atoms with Gasteiger partial charge in [-0.3, -0.25) is 9.69 Å². The molecule has 0 aromatic rings. The highest BCUT2D eigenvalue weighted by Gasteiger charge is 2.27. The maximum atomic E-state index is 10.7. The Bertz CT molecular complexity index is 204. The monoisotopic (exact) mass is 168 g/mol. The fraction of sp³-hybridized carbons (Fsp3) is 0.750. The Kier molecular flexibility index (Phi) is 3.06. The topological polar surface area (TPSA) is 64.3 Å². The standard InChI is InChI=1S/C8H12N2O2/c9-4-3-7(8(11)12)10-5-1-2-6-10/h7H,1-3,5-6H2,(H,11,12). The van der Waals surface area contributed by atoms with Gasteiger partial charge in [-0.1, -0.05) is 0 Å². The van der Waals surface area contributed by atoms with Crippen molar-refractivity contribution in [3.63, 3.8) is 0 Å². The van der Waals surface area contributed by atoms with Crippen molar-refractivity contribution < 1.29 is 9.90 Å². The third-order valence-electron chi connectivity index (χ3n) is 2.15. The third-order valence-corrected chi connectivity index (χ3v) is 2.15. The van der Waals surface area contributed by atoms with Crippen LogP contribution in [0.1, 0.15) is 19.3 Å². The summed E-state index contributed by atoms with van der Waals surface area (Å²) in [5.41, 5.74) is 0. The molecule has 4 nitrogen and oxygen atoms in total. The smallest absolute Gasteiger partial charge is 0.321 e. The molecule has 0 aromatic heterocycles. The van der Waals surface area contributed by atoms with Gasteiger partial charge in [-0.25, -0.2) is 0 Å². The average Bonchev–Trinajstić information content (AvgIpc) is 2.51. The van der Waals surface area contributed by atoms with Gasteiger partial charge in [-0.15, -0.1) is 0 Å². The summed E-state index contributed by atoms with van der Waals surface area (Å²) in [4.78, 5) is 12.6. The Morgan fingerprint density at radius 2 is 2.17 bits per heavy atom. The van der Waals surface area contributed by atoms with Crippen LogP contribution in [0, 0.1) is 11.3 Å². The second kappa shape index (κ2) is 4.07. The fourth-order valence-electron chi connectivity index (χ4n) is 1.51. The van der Waals surface area contributed by atoms with Crippen LogP contribution in [0.5, 0.6) is 0 Å². The van der Waals surface area contributed by atoms with Gasteiger partial charge >= 0.3 is 5.97 Å². The molecule has 66 valence electrons. The minimum atomic E-state index is -0.876. The van der Waals surface area contributed by atoms with Crippen molar-refractivity contribution in [2.45, 2.75) is 25.3 Å². The second-order valence-corrected chi connectivity index (χ2v) is 2.96. The van der Waals surface area contributed by atoms with Crippen molar-refractivity contribution in [2.75, 3.05) is 13.1 Å². The summed E-state index contributed by atoms with van der Waals surface area (Å²) in [6.07, 6.45) is 2.19. The first-order valence-corrected chi connectivity index (χ1v) is 4.09. The quantitative estimate of drug-likeness (QED) is 0.664. The third kappa shape index (κ3) is 1.95. The number of hydrogen-bond acceptors (Lipinski definition) is 3. The molecule has 1 saturated heterocycles. The molecule has 0 bridgehead atoms. The molecular formula is C8H12N2O2. The molecule has 1 aliphatic heterocycles. The van der Waals surface area contributed by atoms with E-state index in [2.05, 4.69) is 0 Å². The summed E-state index contributed by atoms with van der Waals surface area (Å²) in [7, 11) is 0. The average molecular weight is 168 g/mol. The lowest BCUT2D eigenvalue weighted by atomic mass is 10.2. The summed E-state index contributed by atoms with van der Waals surface area (Å²) >= 11 is 0. The first-order valence-electron chi connectivity index (χ1n) is 4.09. The molecule has 0 spiro atoms. The van der Waals surface area contributed by atoms with Gasteiger partial charge in [-0.05, 0) is 25.9 Å². The van der Waals surface area contributed by atoms with Crippen LogP contribution in [-0.4, -0.2) is 35.1 Å². The highest BCUT2D eigenvalue weighted by atomic mass is 16.4. The number of carboxylic acid groups (broad SMARTS) is 1. The molecule has 1 atom stereocenters. The van der Waals surface area contributed by atoms with Crippen molar-refractivity contribution >= 4 is 5.97 Å². The lowest BCUT2D eigenvalue weighted by Crippen LogP contribution is -2.38. The van der Waals surface area contributed by atoms with E-state index in [-0.39, 0.29) is 6.42 Å². The van der Waals surface area contributed by atoms with E-state index >= 15 is 0 Å². The molecule has 0 aliphatic carbocycles. The van der Waals surface area contributed by atoms with Gasteiger partial charge in [0, 0.05) is 0 Å². The Morgan fingerprint density at radius 3 is 2.58 bits per heavy atom. The van der Waals surface area contributed by atoms with Crippen molar-refractivity contribution in [3.8, 4) is 6.07 Å². The Balaban J connectivity index is 2.52. The molecule has 4 heteroatoms. The van der Waals surface area contributed by atoms with Gasteiger partial charge in [0.2, 0.25) is 0 Å². The number of aliphatic carboxylic acids is 1. The number of rotatable bonds is 3. The molecule has 12 heavy (non-hydrogen) atoms. The van der Waals surface area contributed by atoms with Gasteiger partial charge in [0.1, 0.15) is 6.04 Å². The molecule has 0 amide bonds. The zero-order chi connectivity index (χ0) is 8.97. The summed E-state index contributed by atoms with van der Waals surface area (Å²) in [6.45, 7) is 1.64. The number of nitriles is 1. The van der Waals surface area contributed by atoms with Crippen LogP contribution in [0.25, 0.3) is 0 Å². The van der Waals surface area contributed by atoms with E-state index in [1.54, 1.807) is 0 Å². The Morgan fingerprint density at radius 1 is 1.58 bits per heavy atom. The zero-order valence-electron chi connectivity index (χ0n) is 6.86. The molecule has 0 aromatic carbocycles. The Hall–Kier alpha value is -1.08. The first kappa shape index (κ1) is 9.01. The van der Waals surface area contributed by atoms with E-state index in [0.29, 0.717) is 0 Å². The number of hydrogen-bond donors (Lipinski definition) is 1. The fourth-order valence-corrected chi connectivity index (χ4v) is 1.51. The molecular weight excluding hydrogens is 156 g/mol. The molecule has 0 radical (unpaired) electrons. The number of likely N-dealkylation sites (tertiary alicyclic amines) is 1. The minimum Gasteiger partial charge on any atom is -0.480 e. The van der Waals surface area contributed by atoms with Gasteiger partial charge in [0.05, 0.1) is 12.5 Å². The van der Waals surface area contributed by atoms with E-state index < -0.39 is 12.0 Å². The molecule has 1 fully saturated rings. The maximum Gasteiger partial charge on any atom is 0.321 e. The van der Waals surface area contributed by atoms with Crippen molar-refractivity contribution in [1.82, 2.24) is 4.90 Å². The van der Waals surface area contributed by atoms with E-state index in [4.69, 9.17) is 10.4 Å². The van der Waals surface area contributed by atoms with Crippen LogP contribution in [-0.2, 0) is 4.79 Å². The molecule has 1 heterocycles. The number of carbonyl (C=O) groups is 1. The van der Waals surface area contributed by atoms with Gasteiger partial charge in [-0.2, -0.15) is 5.26 Å². The van der Waals surface area contributed by atoms with E-state index in [9.17, 15) is 4.79 Å². The second-order valence-electron chi connectivity index (χ2n) is 2.96. The van der Waals surface area contributed by atoms with Gasteiger partial charge in [0.25, 0.3) is 0 Å². The van der Waals surface area contributed by atoms with Crippen LogP contribution in [0.4, 0.5) is 0 Å². The molecule has 1 N–H and O–H groups in total. The first-order chi connectivity index (χ1) is 5.75. The van der Waals surface area contributed by atoms with Crippen LogP contribution in [0.2, 0.25) is 0 Å². The lowest BCUT2D eigenvalue weighted by Gasteiger charge is -2.20. The highest BCUT2D eigenvalue weighted by Crippen LogP contribution is 2.13. The predicted octanol–water partition coefficient (Wildman–Crippen LogP) is 0.449. The van der Waals surface area contributed by atoms with Crippen molar-refractivity contribution in [2.24, 2.45) is 0 Å². The van der Waals surface area contributed by atoms with E-state index in [0.717, 1.165) is 25.9 Å². The summed E-state index contributed by atoms with van der Waals surface area (Å²) in [6, 6.07) is 1.32. The SMILES string of the molecule is N#CCC(C(=O)O)N1CCCC1. The summed E-state index contributed by atoms with van der Waals surface area (Å²) < 4.78 is 0. The zero-order valence-corrected chi connectivity index (χ0v) is 6.86. The summed E-state index contributed by atoms with van der Waals surface area (Å²) in [5.74, 6) is -0.876. The van der Waals surface area contributed by atoms with Crippen molar-refractivity contribution in [3.05, 3.63) is 0 Å². The van der Waals surface area contributed by atoms with E-state index in [1.807, 2.05) is 11.0 Å². The van der Waals surface area contributed by atoms with Crippen LogP contribution in [0.3, 0.4) is 0 Å². The largest absolute Gasteiger partial charge is 0.480 e. The molecule has 0 saturated carbocycles. The highest BCUT2D eigenvalue weighted by molar-refractivity contribution is 5.73. The summed E-state index contributed by atoms with van der Waals surface area (Å²) in [5, 5.41) is 17.2. The van der Waals surface area contributed by atoms with Crippen LogP contribution in [0.15, 0.2) is 0 Å².